The zero-order valence-electron chi connectivity index (χ0n) is 13.3. The second-order valence-corrected chi connectivity index (χ2v) is 5.27. The van der Waals surface area contributed by atoms with E-state index in [0.29, 0.717) is 6.54 Å². The Kier molecular flexibility index (Phi) is 6.79. The third kappa shape index (κ3) is 4.10. The molecule has 0 bridgehead atoms. The van der Waals surface area contributed by atoms with Crippen molar-refractivity contribution in [1.29, 1.82) is 0 Å². The van der Waals surface area contributed by atoms with Gasteiger partial charge in [0.15, 0.2) is 5.75 Å². The zero-order chi connectivity index (χ0) is 15.1. The highest BCUT2D eigenvalue weighted by Crippen LogP contribution is 2.18. The fourth-order valence-electron chi connectivity index (χ4n) is 2.47. The third-order valence-corrected chi connectivity index (χ3v) is 3.85. The highest BCUT2D eigenvalue weighted by atomic mass is 16.3. The molecule has 0 aliphatic heterocycles. The molecule has 1 aromatic rings. The second-order valence-electron chi connectivity index (χ2n) is 5.27. The Morgan fingerprint density at radius 2 is 1.85 bits per heavy atom. The number of pyridine rings is 1. The predicted octanol–water partition coefficient (Wildman–Crippen LogP) is 2.89. The highest BCUT2D eigenvalue weighted by Gasteiger charge is 2.15. The SMILES string of the molecule is CCCCCn1c(C)cc(=O)c(O)c1CN(CC)CC. The Morgan fingerprint density at radius 1 is 1.20 bits per heavy atom. The van der Waals surface area contributed by atoms with Crippen molar-refractivity contribution >= 4 is 0 Å². The van der Waals surface area contributed by atoms with Crippen LogP contribution in [0.2, 0.25) is 0 Å². The normalized spacial score (nSPS) is 11.2. The minimum Gasteiger partial charge on any atom is -0.503 e. The van der Waals surface area contributed by atoms with Crippen LogP contribution in [0.1, 0.15) is 51.4 Å². The van der Waals surface area contributed by atoms with Gasteiger partial charge in [0.25, 0.3) is 0 Å². The van der Waals surface area contributed by atoms with Crippen LogP contribution in [0.5, 0.6) is 5.75 Å². The number of rotatable bonds is 8. The van der Waals surface area contributed by atoms with Gasteiger partial charge in [-0.3, -0.25) is 9.69 Å². The fourth-order valence-corrected chi connectivity index (χ4v) is 2.47. The van der Waals surface area contributed by atoms with Gasteiger partial charge >= 0.3 is 0 Å². The van der Waals surface area contributed by atoms with Gasteiger partial charge < -0.3 is 9.67 Å². The third-order valence-electron chi connectivity index (χ3n) is 3.85. The smallest absolute Gasteiger partial charge is 0.223 e. The molecule has 0 saturated carbocycles. The predicted molar refractivity (Wildman–Crippen MR) is 83.3 cm³/mol. The van der Waals surface area contributed by atoms with Crippen LogP contribution in [0.4, 0.5) is 0 Å². The number of aromatic hydroxyl groups is 1. The van der Waals surface area contributed by atoms with E-state index in [0.717, 1.165) is 50.3 Å². The standard InChI is InChI=1S/C16H28N2O2/c1-5-8-9-10-18-13(4)11-15(19)16(20)14(18)12-17(6-2)7-3/h11,20H,5-10,12H2,1-4H3. The van der Waals surface area contributed by atoms with Crippen LogP contribution in [-0.4, -0.2) is 27.7 Å². The van der Waals surface area contributed by atoms with Crippen LogP contribution in [0, 0.1) is 6.92 Å². The first-order valence-corrected chi connectivity index (χ1v) is 7.69. The summed E-state index contributed by atoms with van der Waals surface area (Å²) < 4.78 is 2.10. The van der Waals surface area contributed by atoms with Gasteiger partial charge in [0.2, 0.25) is 5.43 Å². The van der Waals surface area contributed by atoms with Gasteiger partial charge in [-0.15, -0.1) is 0 Å². The van der Waals surface area contributed by atoms with Crippen molar-refractivity contribution in [2.75, 3.05) is 13.1 Å². The van der Waals surface area contributed by atoms with Gasteiger partial charge in [-0.2, -0.15) is 0 Å². The van der Waals surface area contributed by atoms with E-state index in [4.69, 9.17) is 0 Å². The summed E-state index contributed by atoms with van der Waals surface area (Å²) in [7, 11) is 0. The van der Waals surface area contributed by atoms with E-state index in [1.807, 2.05) is 6.92 Å². The summed E-state index contributed by atoms with van der Waals surface area (Å²) in [5, 5.41) is 10.1. The molecule has 1 N–H and O–H groups in total. The lowest BCUT2D eigenvalue weighted by Gasteiger charge is -2.23. The van der Waals surface area contributed by atoms with Crippen LogP contribution in [0.25, 0.3) is 0 Å². The first-order chi connectivity index (χ1) is 9.54. The Bertz CT molecular complexity index is 476. The molecule has 0 aliphatic carbocycles. The maximum atomic E-state index is 11.8. The molecular formula is C16H28N2O2. The molecule has 0 atom stereocenters. The molecule has 4 nitrogen and oxygen atoms in total. The largest absolute Gasteiger partial charge is 0.503 e. The van der Waals surface area contributed by atoms with Crippen molar-refractivity contribution in [2.24, 2.45) is 0 Å². The van der Waals surface area contributed by atoms with E-state index >= 15 is 0 Å². The van der Waals surface area contributed by atoms with Crippen molar-refractivity contribution in [3.63, 3.8) is 0 Å². The molecule has 0 aliphatic rings. The van der Waals surface area contributed by atoms with Gasteiger partial charge in [0.05, 0.1) is 5.69 Å². The summed E-state index contributed by atoms with van der Waals surface area (Å²) in [5.74, 6) is -0.0843. The zero-order valence-corrected chi connectivity index (χ0v) is 13.3. The van der Waals surface area contributed by atoms with E-state index in [2.05, 4.69) is 30.2 Å². The average molecular weight is 280 g/mol. The molecule has 0 fully saturated rings. The van der Waals surface area contributed by atoms with Crippen LogP contribution in [0.3, 0.4) is 0 Å². The summed E-state index contributed by atoms with van der Waals surface area (Å²) in [6.07, 6.45) is 3.40. The molecule has 0 unspecified atom stereocenters. The molecule has 0 amide bonds. The minimum atomic E-state index is -0.267. The number of aryl methyl sites for hydroxylation is 1. The molecule has 0 aromatic carbocycles. The maximum absolute atomic E-state index is 11.8. The molecule has 114 valence electrons. The number of hydrogen-bond donors (Lipinski definition) is 1. The average Bonchev–Trinajstić information content (AvgIpc) is 2.44. The molecule has 1 heterocycles. The van der Waals surface area contributed by atoms with E-state index in [-0.39, 0.29) is 11.2 Å². The topological polar surface area (TPSA) is 45.5 Å². The summed E-state index contributed by atoms with van der Waals surface area (Å²) in [4.78, 5) is 14.0. The van der Waals surface area contributed by atoms with Gasteiger partial charge in [-0.1, -0.05) is 33.6 Å². The molecule has 20 heavy (non-hydrogen) atoms. The Morgan fingerprint density at radius 3 is 2.40 bits per heavy atom. The number of hydrogen-bond acceptors (Lipinski definition) is 3. The Hall–Kier alpha value is -1.29. The van der Waals surface area contributed by atoms with E-state index in [1.165, 1.54) is 6.07 Å². The van der Waals surface area contributed by atoms with Gasteiger partial charge in [0, 0.05) is 24.8 Å². The maximum Gasteiger partial charge on any atom is 0.223 e. The molecular weight excluding hydrogens is 252 g/mol. The first-order valence-electron chi connectivity index (χ1n) is 7.69. The molecule has 1 aromatic heterocycles. The minimum absolute atomic E-state index is 0.0843. The fraction of sp³-hybridized carbons (Fsp3) is 0.688. The lowest BCUT2D eigenvalue weighted by molar-refractivity contribution is 0.278. The van der Waals surface area contributed by atoms with E-state index < -0.39 is 0 Å². The lowest BCUT2D eigenvalue weighted by atomic mass is 10.2. The van der Waals surface area contributed by atoms with Crippen molar-refractivity contribution < 1.29 is 5.11 Å². The van der Waals surface area contributed by atoms with Crippen molar-refractivity contribution in [2.45, 2.75) is 60.0 Å². The number of unbranched alkanes of at least 4 members (excludes halogenated alkanes) is 2. The summed E-state index contributed by atoms with van der Waals surface area (Å²) in [6.45, 7) is 11.6. The Balaban J connectivity index is 3.12. The lowest BCUT2D eigenvalue weighted by Crippen LogP contribution is -2.27. The van der Waals surface area contributed by atoms with Crippen molar-refractivity contribution in [3.05, 3.63) is 27.7 Å². The van der Waals surface area contributed by atoms with Gasteiger partial charge in [-0.05, 0) is 26.4 Å². The molecule has 0 saturated heterocycles. The first kappa shape index (κ1) is 16.8. The monoisotopic (exact) mass is 280 g/mol. The molecule has 1 rings (SSSR count). The van der Waals surface area contributed by atoms with Gasteiger partial charge in [-0.25, -0.2) is 0 Å². The van der Waals surface area contributed by atoms with Crippen LogP contribution in [0.15, 0.2) is 10.9 Å². The molecule has 0 spiro atoms. The van der Waals surface area contributed by atoms with E-state index in [9.17, 15) is 9.90 Å². The highest BCUT2D eigenvalue weighted by molar-refractivity contribution is 5.29. The van der Waals surface area contributed by atoms with E-state index in [1.54, 1.807) is 0 Å². The number of aromatic nitrogens is 1. The van der Waals surface area contributed by atoms with Crippen molar-refractivity contribution in [1.82, 2.24) is 9.47 Å². The summed E-state index contributed by atoms with van der Waals surface area (Å²) in [5.41, 5.74) is 1.43. The Labute approximate surface area is 122 Å². The van der Waals surface area contributed by atoms with Gasteiger partial charge in [0.1, 0.15) is 0 Å². The second kappa shape index (κ2) is 8.10. The van der Waals surface area contributed by atoms with Crippen LogP contribution < -0.4 is 5.43 Å². The van der Waals surface area contributed by atoms with Crippen LogP contribution in [-0.2, 0) is 13.1 Å². The molecule has 0 radical (unpaired) electrons. The summed E-state index contributed by atoms with van der Waals surface area (Å²) in [6, 6.07) is 1.53. The van der Waals surface area contributed by atoms with Crippen LogP contribution >= 0.6 is 0 Å². The number of nitrogens with zero attached hydrogens (tertiary/aromatic N) is 2. The summed E-state index contributed by atoms with van der Waals surface area (Å²) >= 11 is 0. The van der Waals surface area contributed by atoms with Crippen molar-refractivity contribution in [3.8, 4) is 5.75 Å². The molecule has 4 heteroatoms. The quantitative estimate of drug-likeness (QED) is 0.745.